The number of nitrogens with one attached hydrogen (secondary N) is 2. The minimum absolute atomic E-state index is 0.0371. The van der Waals surface area contributed by atoms with E-state index in [0.29, 0.717) is 5.69 Å². The second-order valence-electron chi connectivity index (χ2n) is 6.86. The molecule has 0 unspecified atom stereocenters. The first-order chi connectivity index (χ1) is 14.5. The molecule has 0 aromatic heterocycles. The Morgan fingerprint density at radius 1 is 0.677 bits per heavy atom. The third-order valence-corrected chi connectivity index (χ3v) is 7.04. The van der Waals surface area contributed by atoms with Gasteiger partial charge in [0.25, 0.3) is 25.7 Å². The molecule has 0 radical (unpaired) electrons. The molecular formula is C20H19N3O6S2. The molecule has 3 aromatic rings. The lowest BCUT2D eigenvalue weighted by Crippen LogP contribution is -2.14. The zero-order valence-electron chi connectivity index (χ0n) is 16.6. The van der Waals surface area contributed by atoms with Crippen LogP contribution in [0.4, 0.5) is 17.1 Å². The molecule has 11 heteroatoms. The normalized spacial score (nSPS) is 11.7. The van der Waals surface area contributed by atoms with Gasteiger partial charge in [0.1, 0.15) is 0 Å². The van der Waals surface area contributed by atoms with E-state index in [-0.39, 0.29) is 21.2 Å². The van der Waals surface area contributed by atoms with E-state index in [0.717, 1.165) is 35.4 Å². The first-order valence-electron chi connectivity index (χ1n) is 8.95. The fourth-order valence-electron chi connectivity index (χ4n) is 2.91. The summed E-state index contributed by atoms with van der Waals surface area (Å²) in [5.74, 6) is 0. The number of hydrogen-bond acceptors (Lipinski definition) is 6. The molecule has 0 bridgehead atoms. The van der Waals surface area contributed by atoms with Gasteiger partial charge in [-0.25, -0.2) is 16.8 Å². The van der Waals surface area contributed by atoms with Crippen LogP contribution in [-0.2, 0) is 20.0 Å². The van der Waals surface area contributed by atoms with Gasteiger partial charge >= 0.3 is 0 Å². The number of rotatable bonds is 7. The van der Waals surface area contributed by atoms with E-state index in [1.54, 1.807) is 12.1 Å². The molecule has 0 atom stereocenters. The van der Waals surface area contributed by atoms with Gasteiger partial charge in [-0.05, 0) is 73.5 Å². The fourth-order valence-corrected chi connectivity index (χ4v) is 5.01. The minimum Gasteiger partial charge on any atom is -0.280 e. The van der Waals surface area contributed by atoms with E-state index in [9.17, 15) is 26.9 Å². The molecule has 3 aromatic carbocycles. The summed E-state index contributed by atoms with van der Waals surface area (Å²) in [4.78, 5) is 9.87. The number of nitro benzene ring substituents is 1. The van der Waals surface area contributed by atoms with Crippen LogP contribution in [0, 0.1) is 24.0 Å². The Labute approximate surface area is 180 Å². The van der Waals surface area contributed by atoms with Crippen LogP contribution in [-0.4, -0.2) is 21.8 Å². The number of nitrogens with zero attached hydrogens (tertiary/aromatic N) is 1. The van der Waals surface area contributed by atoms with Crippen LogP contribution >= 0.6 is 0 Å². The lowest BCUT2D eigenvalue weighted by atomic mass is 10.1. The SMILES string of the molecule is Cc1cc(C)cc(NS(=O)(=O)c2ccc(NS(=O)(=O)c3ccc([N+](=O)[O-])cc3)cc2)c1. The van der Waals surface area contributed by atoms with Crippen molar-refractivity contribution in [3.8, 4) is 0 Å². The smallest absolute Gasteiger partial charge is 0.269 e. The van der Waals surface area contributed by atoms with Gasteiger partial charge in [0, 0.05) is 23.5 Å². The lowest BCUT2D eigenvalue weighted by molar-refractivity contribution is -0.384. The maximum atomic E-state index is 12.6. The average molecular weight is 462 g/mol. The average Bonchev–Trinajstić information content (AvgIpc) is 2.67. The summed E-state index contributed by atoms with van der Waals surface area (Å²) in [6.07, 6.45) is 0. The fraction of sp³-hybridized carbons (Fsp3) is 0.100. The summed E-state index contributed by atoms with van der Waals surface area (Å²) in [7, 11) is -7.86. The molecule has 0 heterocycles. The number of hydrogen-bond donors (Lipinski definition) is 2. The van der Waals surface area contributed by atoms with Crippen LogP contribution in [0.5, 0.6) is 0 Å². The molecule has 0 saturated heterocycles. The zero-order valence-corrected chi connectivity index (χ0v) is 18.2. The molecular weight excluding hydrogens is 442 g/mol. The Hall–Kier alpha value is -3.44. The van der Waals surface area contributed by atoms with E-state index in [1.165, 1.54) is 24.3 Å². The summed E-state index contributed by atoms with van der Waals surface area (Å²) in [6.45, 7) is 3.72. The molecule has 0 saturated carbocycles. The number of nitro groups is 1. The van der Waals surface area contributed by atoms with Crippen LogP contribution in [0.3, 0.4) is 0 Å². The summed E-state index contributed by atoms with van der Waals surface area (Å²) in [6, 6.07) is 14.9. The van der Waals surface area contributed by atoms with Gasteiger partial charge in [-0.3, -0.25) is 19.6 Å². The second-order valence-corrected chi connectivity index (χ2v) is 10.2. The molecule has 0 spiro atoms. The van der Waals surface area contributed by atoms with Crippen molar-refractivity contribution in [2.45, 2.75) is 23.6 Å². The van der Waals surface area contributed by atoms with E-state index in [4.69, 9.17) is 0 Å². The van der Waals surface area contributed by atoms with Crippen LogP contribution in [0.1, 0.15) is 11.1 Å². The number of sulfonamides is 2. The van der Waals surface area contributed by atoms with Crippen molar-refractivity contribution < 1.29 is 21.8 Å². The standard InChI is InChI=1S/C20H19N3O6S2/c1-14-11-15(2)13-17(12-14)22-31(28,29)19-7-3-16(4-8-19)21-30(26,27)20-9-5-18(6-10-20)23(24)25/h3-13,21-22H,1-2H3. The molecule has 31 heavy (non-hydrogen) atoms. The highest BCUT2D eigenvalue weighted by Gasteiger charge is 2.18. The van der Waals surface area contributed by atoms with E-state index >= 15 is 0 Å². The first-order valence-corrected chi connectivity index (χ1v) is 11.9. The molecule has 0 fully saturated rings. The Morgan fingerprint density at radius 2 is 1.10 bits per heavy atom. The minimum atomic E-state index is -4.00. The van der Waals surface area contributed by atoms with Crippen LogP contribution in [0.25, 0.3) is 0 Å². The van der Waals surface area contributed by atoms with Gasteiger partial charge in [-0.1, -0.05) is 6.07 Å². The van der Waals surface area contributed by atoms with Gasteiger partial charge < -0.3 is 0 Å². The van der Waals surface area contributed by atoms with Crippen molar-refractivity contribution in [2.24, 2.45) is 0 Å². The van der Waals surface area contributed by atoms with E-state index < -0.39 is 25.0 Å². The van der Waals surface area contributed by atoms with Gasteiger partial charge in [0.15, 0.2) is 0 Å². The summed E-state index contributed by atoms with van der Waals surface area (Å²) in [5.41, 5.74) is 2.16. The summed E-state index contributed by atoms with van der Waals surface area (Å²) >= 11 is 0. The van der Waals surface area contributed by atoms with Gasteiger partial charge in [-0.15, -0.1) is 0 Å². The van der Waals surface area contributed by atoms with Crippen molar-refractivity contribution in [3.63, 3.8) is 0 Å². The van der Waals surface area contributed by atoms with E-state index in [2.05, 4.69) is 9.44 Å². The quantitative estimate of drug-likeness (QED) is 0.406. The van der Waals surface area contributed by atoms with Crippen molar-refractivity contribution in [1.82, 2.24) is 0 Å². The third kappa shape index (κ3) is 5.38. The predicted octanol–water partition coefficient (Wildman–Crippen LogP) is 3.81. The van der Waals surface area contributed by atoms with Crippen LogP contribution in [0.15, 0.2) is 76.5 Å². The van der Waals surface area contributed by atoms with Crippen molar-refractivity contribution in [2.75, 3.05) is 9.44 Å². The van der Waals surface area contributed by atoms with Crippen molar-refractivity contribution in [1.29, 1.82) is 0 Å². The van der Waals surface area contributed by atoms with Crippen LogP contribution < -0.4 is 9.44 Å². The Morgan fingerprint density at radius 3 is 1.55 bits per heavy atom. The number of benzene rings is 3. The first kappa shape index (κ1) is 22.2. The monoisotopic (exact) mass is 461 g/mol. The van der Waals surface area contributed by atoms with Crippen molar-refractivity contribution in [3.05, 3.63) is 88.0 Å². The maximum Gasteiger partial charge on any atom is 0.269 e. The van der Waals surface area contributed by atoms with Gasteiger partial charge in [0.05, 0.1) is 14.7 Å². The number of non-ortho nitro benzene ring substituents is 1. The molecule has 3 rings (SSSR count). The predicted molar refractivity (Wildman–Crippen MR) is 117 cm³/mol. The molecule has 0 amide bonds. The highest BCUT2D eigenvalue weighted by Crippen LogP contribution is 2.23. The topological polar surface area (TPSA) is 135 Å². The lowest BCUT2D eigenvalue weighted by Gasteiger charge is -2.11. The van der Waals surface area contributed by atoms with Gasteiger partial charge in [0.2, 0.25) is 0 Å². The molecule has 0 aliphatic heterocycles. The number of anilines is 2. The highest BCUT2D eigenvalue weighted by atomic mass is 32.2. The van der Waals surface area contributed by atoms with E-state index in [1.807, 2.05) is 19.9 Å². The second kappa shape index (κ2) is 8.36. The summed E-state index contributed by atoms with van der Waals surface area (Å²) < 4.78 is 55.0. The Kier molecular flexibility index (Phi) is 6.00. The molecule has 162 valence electrons. The number of aryl methyl sites for hydroxylation is 2. The van der Waals surface area contributed by atoms with Gasteiger partial charge in [-0.2, -0.15) is 0 Å². The molecule has 0 aliphatic carbocycles. The molecule has 9 nitrogen and oxygen atoms in total. The van der Waals surface area contributed by atoms with Crippen LogP contribution in [0.2, 0.25) is 0 Å². The Bertz CT molecular complexity index is 1310. The third-order valence-electron chi connectivity index (χ3n) is 4.25. The largest absolute Gasteiger partial charge is 0.280 e. The summed E-state index contributed by atoms with van der Waals surface area (Å²) in [5, 5.41) is 10.7. The molecule has 0 aliphatic rings. The molecule has 2 N–H and O–H groups in total. The maximum absolute atomic E-state index is 12.6. The highest BCUT2D eigenvalue weighted by molar-refractivity contribution is 7.93. The zero-order chi connectivity index (χ0) is 22.8. The van der Waals surface area contributed by atoms with Crippen molar-refractivity contribution >= 4 is 37.1 Å². The Balaban J connectivity index is 1.78.